The lowest BCUT2D eigenvalue weighted by molar-refractivity contribution is 0.268. The van der Waals surface area contributed by atoms with Gasteiger partial charge >= 0.3 is 0 Å². The van der Waals surface area contributed by atoms with Crippen LogP contribution in [0.5, 0.6) is 5.75 Å². The highest BCUT2D eigenvalue weighted by atomic mass is 16.5. The molecule has 0 fully saturated rings. The Balaban J connectivity index is 2.25. The zero-order valence-electron chi connectivity index (χ0n) is 13.1. The normalized spacial score (nSPS) is 11.1. The second-order valence-corrected chi connectivity index (χ2v) is 5.69. The molecule has 0 saturated carbocycles. The second-order valence-electron chi connectivity index (χ2n) is 5.69. The lowest BCUT2D eigenvalue weighted by Crippen LogP contribution is -2.06. The summed E-state index contributed by atoms with van der Waals surface area (Å²) < 4.78 is 11.1. The highest BCUT2D eigenvalue weighted by Crippen LogP contribution is 2.29. The first-order valence-corrected chi connectivity index (χ1v) is 7.28. The van der Waals surface area contributed by atoms with Gasteiger partial charge in [-0.05, 0) is 43.0 Å². The molecule has 21 heavy (non-hydrogen) atoms. The van der Waals surface area contributed by atoms with Crippen LogP contribution in [-0.4, -0.2) is 23.3 Å². The predicted molar refractivity (Wildman–Crippen MR) is 82.3 cm³/mol. The smallest absolute Gasteiger partial charge is 0.228 e. The zero-order valence-corrected chi connectivity index (χ0v) is 13.1. The van der Waals surface area contributed by atoms with Crippen LogP contribution in [0.1, 0.15) is 30.9 Å². The molecule has 1 aromatic carbocycles. The Morgan fingerprint density at radius 3 is 2.48 bits per heavy atom. The van der Waals surface area contributed by atoms with Crippen molar-refractivity contribution in [2.45, 2.75) is 34.1 Å². The molecule has 0 saturated heterocycles. The third-order valence-electron chi connectivity index (χ3n) is 3.11. The maximum atomic E-state index is 5.88. The number of hydrogen-bond donors (Lipinski definition) is 1. The van der Waals surface area contributed by atoms with E-state index in [9.17, 15) is 0 Å². The van der Waals surface area contributed by atoms with Crippen LogP contribution in [0.4, 0.5) is 0 Å². The molecule has 0 radical (unpaired) electrons. The van der Waals surface area contributed by atoms with Crippen LogP contribution in [0.2, 0.25) is 0 Å². The number of aromatic nitrogens is 2. The quantitative estimate of drug-likeness (QED) is 0.885. The Kier molecular flexibility index (Phi) is 4.96. The number of ether oxygens (including phenoxy) is 1. The fourth-order valence-electron chi connectivity index (χ4n) is 2.15. The maximum absolute atomic E-state index is 5.88. The van der Waals surface area contributed by atoms with Crippen LogP contribution < -0.4 is 10.5 Å². The van der Waals surface area contributed by atoms with Crippen molar-refractivity contribution in [2.24, 2.45) is 11.7 Å². The van der Waals surface area contributed by atoms with E-state index in [0.29, 0.717) is 37.2 Å². The van der Waals surface area contributed by atoms with Gasteiger partial charge in [0.15, 0.2) is 0 Å². The number of aryl methyl sites for hydroxylation is 2. The minimum atomic E-state index is 0.500. The SMILES string of the molecule is Cc1cc(-c2noc(CCN)n2)cc(C)c1OCC(C)C. The largest absolute Gasteiger partial charge is 0.493 e. The molecular formula is C16H23N3O2. The summed E-state index contributed by atoms with van der Waals surface area (Å²) in [6, 6.07) is 4.06. The van der Waals surface area contributed by atoms with Crippen LogP contribution in [0.25, 0.3) is 11.4 Å². The van der Waals surface area contributed by atoms with Gasteiger partial charge in [-0.25, -0.2) is 0 Å². The Hall–Kier alpha value is -1.88. The van der Waals surface area contributed by atoms with E-state index in [1.165, 1.54) is 0 Å². The van der Waals surface area contributed by atoms with Gasteiger partial charge in [-0.3, -0.25) is 0 Å². The second kappa shape index (κ2) is 6.72. The summed E-state index contributed by atoms with van der Waals surface area (Å²) in [6.45, 7) is 9.56. The Bertz CT molecular complexity index is 582. The first-order valence-electron chi connectivity index (χ1n) is 7.28. The van der Waals surface area contributed by atoms with Crippen LogP contribution in [0, 0.1) is 19.8 Å². The first kappa shape index (κ1) is 15.5. The average Bonchev–Trinajstić information content (AvgIpc) is 2.86. The van der Waals surface area contributed by atoms with Gasteiger partial charge in [-0.15, -0.1) is 0 Å². The zero-order chi connectivity index (χ0) is 15.4. The fourth-order valence-corrected chi connectivity index (χ4v) is 2.15. The van der Waals surface area contributed by atoms with E-state index in [4.69, 9.17) is 15.0 Å². The molecule has 114 valence electrons. The third-order valence-corrected chi connectivity index (χ3v) is 3.11. The summed E-state index contributed by atoms with van der Waals surface area (Å²) in [6.07, 6.45) is 0.598. The summed E-state index contributed by atoms with van der Waals surface area (Å²) >= 11 is 0. The molecule has 2 rings (SSSR count). The third kappa shape index (κ3) is 3.82. The molecule has 2 aromatic rings. The van der Waals surface area contributed by atoms with Crippen molar-refractivity contribution in [3.63, 3.8) is 0 Å². The minimum Gasteiger partial charge on any atom is -0.493 e. The fraction of sp³-hybridized carbons (Fsp3) is 0.500. The van der Waals surface area contributed by atoms with Crippen LogP contribution in [0.3, 0.4) is 0 Å². The van der Waals surface area contributed by atoms with Crippen molar-refractivity contribution in [1.29, 1.82) is 0 Å². The van der Waals surface area contributed by atoms with Gasteiger partial charge in [0.1, 0.15) is 5.75 Å². The molecule has 5 nitrogen and oxygen atoms in total. The van der Waals surface area contributed by atoms with Gasteiger partial charge in [-0.2, -0.15) is 4.98 Å². The number of hydrogen-bond acceptors (Lipinski definition) is 5. The molecule has 0 aliphatic carbocycles. The highest BCUT2D eigenvalue weighted by Gasteiger charge is 2.13. The highest BCUT2D eigenvalue weighted by molar-refractivity contribution is 5.60. The number of nitrogens with zero attached hydrogens (tertiary/aromatic N) is 2. The molecule has 0 atom stereocenters. The van der Waals surface area contributed by atoms with Gasteiger partial charge in [0, 0.05) is 18.5 Å². The molecular weight excluding hydrogens is 266 g/mol. The van der Waals surface area contributed by atoms with Gasteiger partial charge in [0.2, 0.25) is 11.7 Å². The Labute approximate surface area is 125 Å². The van der Waals surface area contributed by atoms with E-state index in [1.807, 2.05) is 26.0 Å². The van der Waals surface area contributed by atoms with Crippen molar-refractivity contribution in [3.8, 4) is 17.1 Å². The first-order chi connectivity index (χ1) is 10.0. The predicted octanol–water partition coefficient (Wildman–Crippen LogP) is 2.89. The molecule has 0 aliphatic rings. The summed E-state index contributed by atoms with van der Waals surface area (Å²) in [5, 5.41) is 4.01. The summed E-state index contributed by atoms with van der Waals surface area (Å²) in [7, 11) is 0. The van der Waals surface area contributed by atoms with Crippen LogP contribution >= 0.6 is 0 Å². The Morgan fingerprint density at radius 2 is 1.90 bits per heavy atom. The molecule has 0 aliphatic heterocycles. The summed E-state index contributed by atoms with van der Waals surface area (Å²) in [5.74, 6) is 2.61. The Morgan fingerprint density at radius 1 is 1.24 bits per heavy atom. The monoisotopic (exact) mass is 289 g/mol. The molecule has 0 unspecified atom stereocenters. The molecule has 5 heteroatoms. The van der Waals surface area contributed by atoms with Crippen molar-refractivity contribution in [3.05, 3.63) is 29.2 Å². The van der Waals surface area contributed by atoms with Crippen molar-refractivity contribution in [1.82, 2.24) is 10.1 Å². The van der Waals surface area contributed by atoms with Crippen molar-refractivity contribution < 1.29 is 9.26 Å². The lowest BCUT2D eigenvalue weighted by Gasteiger charge is -2.14. The minimum absolute atomic E-state index is 0.500. The number of benzene rings is 1. The molecule has 0 amide bonds. The van der Waals surface area contributed by atoms with E-state index < -0.39 is 0 Å². The van der Waals surface area contributed by atoms with Gasteiger partial charge in [0.25, 0.3) is 0 Å². The molecule has 2 N–H and O–H groups in total. The van der Waals surface area contributed by atoms with E-state index in [1.54, 1.807) is 0 Å². The molecule has 0 bridgehead atoms. The van der Waals surface area contributed by atoms with E-state index in [0.717, 1.165) is 22.4 Å². The lowest BCUT2D eigenvalue weighted by atomic mass is 10.1. The van der Waals surface area contributed by atoms with Crippen molar-refractivity contribution >= 4 is 0 Å². The van der Waals surface area contributed by atoms with Crippen LogP contribution in [-0.2, 0) is 6.42 Å². The molecule has 0 spiro atoms. The van der Waals surface area contributed by atoms with Gasteiger partial charge in [-0.1, -0.05) is 19.0 Å². The summed E-state index contributed by atoms with van der Waals surface area (Å²) in [5.41, 5.74) is 8.59. The number of rotatable bonds is 6. The standard InChI is InChI=1S/C16H23N3O2/c1-10(2)9-20-15-11(3)7-13(8-12(15)4)16-18-14(5-6-17)21-19-16/h7-8,10H,5-6,9,17H2,1-4H3. The topological polar surface area (TPSA) is 74.2 Å². The van der Waals surface area contributed by atoms with E-state index >= 15 is 0 Å². The maximum Gasteiger partial charge on any atom is 0.228 e. The molecule has 1 heterocycles. The van der Waals surface area contributed by atoms with Gasteiger partial charge < -0.3 is 15.0 Å². The summed E-state index contributed by atoms with van der Waals surface area (Å²) in [4.78, 5) is 4.36. The van der Waals surface area contributed by atoms with Crippen molar-refractivity contribution in [2.75, 3.05) is 13.2 Å². The van der Waals surface area contributed by atoms with E-state index in [-0.39, 0.29) is 0 Å². The van der Waals surface area contributed by atoms with E-state index in [2.05, 4.69) is 24.0 Å². The average molecular weight is 289 g/mol. The van der Waals surface area contributed by atoms with Crippen LogP contribution in [0.15, 0.2) is 16.7 Å². The van der Waals surface area contributed by atoms with Gasteiger partial charge in [0.05, 0.1) is 6.61 Å². The number of nitrogens with two attached hydrogens (primary N) is 1. The molecule has 1 aromatic heterocycles.